The second kappa shape index (κ2) is 7.29. The molecule has 0 spiro atoms. The van der Waals surface area contributed by atoms with E-state index in [1.54, 1.807) is 17.5 Å². The fourth-order valence-electron chi connectivity index (χ4n) is 3.36. The molecule has 1 saturated heterocycles. The van der Waals surface area contributed by atoms with Crippen LogP contribution in [-0.2, 0) is 0 Å². The topological polar surface area (TPSA) is 73.9 Å². The van der Waals surface area contributed by atoms with Gasteiger partial charge in [-0.25, -0.2) is 9.78 Å². The molecule has 134 valence electrons. The number of nitrogens with one attached hydrogen (secondary N) is 2. The average molecular weight is 367 g/mol. The molecule has 0 saturated carbocycles. The number of carbonyl (C=O) groups is 1. The Hall–Kier alpha value is -2.67. The van der Waals surface area contributed by atoms with Crippen LogP contribution in [0.1, 0.15) is 29.5 Å². The van der Waals surface area contributed by atoms with Gasteiger partial charge in [-0.2, -0.15) is 5.10 Å². The highest BCUT2D eigenvalue weighted by atomic mass is 32.1. The molecule has 3 aromatic rings. The van der Waals surface area contributed by atoms with Gasteiger partial charge in [-0.3, -0.25) is 5.10 Å². The largest absolute Gasteiger partial charge is 0.324 e. The van der Waals surface area contributed by atoms with Gasteiger partial charge in [-0.1, -0.05) is 12.1 Å². The van der Waals surface area contributed by atoms with E-state index >= 15 is 0 Å². The number of benzene rings is 1. The van der Waals surface area contributed by atoms with Crippen LogP contribution in [0.3, 0.4) is 0 Å². The number of rotatable bonds is 3. The lowest BCUT2D eigenvalue weighted by Crippen LogP contribution is -2.41. The first-order valence-electron chi connectivity index (χ1n) is 8.77. The van der Waals surface area contributed by atoms with E-state index in [2.05, 4.69) is 20.5 Å². The van der Waals surface area contributed by atoms with Gasteiger partial charge in [-0.15, -0.1) is 11.3 Å². The Balaban J connectivity index is 1.44. The van der Waals surface area contributed by atoms with Crippen molar-refractivity contribution in [3.8, 4) is 11.3 Å². The molecule has 1 unspecified atom stereocenters. The summed E-state index contributed by atoms with van der Waals surface area (Å²) >= 11 is 1.63. The minimum absolute atomic E-state index is 0.0548. The summed E-state index contributed by atoms with van der Waals surface area (Å²) in [5, 5.41) is 13.2. The number of aromatic amines is 1. The molecule has 1 aliphatic heterocycles. The van der Waals surface area contributed by atoms with Crippen molar-refractivity contribution in [1.82, 2.24) is 20.1 Å². The number of carbonyl (C=O) groups excluding carboxylic acids is 1. The van der Waals surface area contributed by atoms with Crippen LogP contribution in [0.4, 0.5) is 10.5 Å². The SMILES string of the molecule is Cc1nc(-c2cccc(NC(=O)N3CCCC(c4ccn[nH]4)C3)c2)cs1. The lowest BCUT2D eigenvalue weighted by atomic mass is 9.95. The summed E-state index contributed by atoms with van der Waals surface area (Å²) in [5.41, 5.74) is 3.85. The number of piperidine rings is 1. The van der Waals surface area contributed by atoms with Gasteiger partial charge < -0.3 is 10.2 Å². The van der Waals surface area contributed by atoms with Crippen LogP contribution in [0.15, 0.2) is 41.9 Å². The van der Waals surface area contributed by atoms with Crippen LogP contribution in [0.2, 0.25) is 0 Å². The number of likely N-dealkylation sites (tertiary alicyclic amines) is 1. The number of nitrogens with zero attached hydrogens (tertiary/aromatic N) is 3. The summed E-state index contributed by atoms with van der Waals surface area (Å²) in [6.45, 7) is 3.48. The van der Waals surface area contributed by atoms with Crippen molar-refractivity contribution in [3.05, 3.63) is 52.6 Å². The number of urea groups is 1. The van der Waals surface area contributed by atoms with E-state index in [1.807, 2.05) is 47.5 Å². The highest BCUT2D eigenvalue weighted by Gasteiger charge is 2.25. The number of amides is 2. The quantitative estimate of drug-likeness (QED) is 0.727. The van der Waals surface area contributed by atoms with Gasteiger partial charge in [0.2, 0.25) is 0 Å². The first kappa shape index (κ1) is 16.8. The second-order valence-electron chi connectivity index (χ2n) is 6.56. The Bertz CT molecular complexity index is 889. The molecule has 1 atom stereocenters. The van der Waals surface area contributed by atoms with Gasteiger partial charge in [0.05, 0.1) is 10.7 Å². The van der Waals surface area contributed by atoms with Crippen molar-refractivity contribution in [2.75, 3.05) is 18.4 Å². The molecule has 1 fully saturated rings. The molecule has 7 heteroatoms. The second-order valence-corrected chi connectivity index (χ2v) is 7.62. The number of aromatic nitrogens is 3. The lowest BCUT2D eigenvalue weighted by molar-refractivity contribution is 0.192. The zero-order valence-electron chi connectivity index (χ0n) is 14.6. The number of hydrogen-bond acceptors (Lipinski definition) is 4. The number of thiazole rings is 1. The van der Waals surface area contributed by atoms with Crippen LogP contribution in [0.5, 0.6) is 0 Å². The van der Waals surface area contributed by atoms with Gasteiger partial charge in [0.1, 0.15) is 0 Å². The first-order chi connectivity index (χ1) is 12.7. The van der Waals surface area contributed by atoms with E-state index in [0.717, 1.165) is 47.0 Å². The maximum atomic E-state index is 12.7. The molecule has 0 bridgehead atoms. The van der Waals surface area contributed by atoms with Crippen LogP contribution in [-0.4, -0.2) is 39.2 Å². The summed E-state index contributed by atoms with van der Waals surface area (Å²) in [7, 11) is 0. The van der Waals surface area contributed by atoms with Crippen molar-refractivity contribution in [1.29, 1.82) is 0 Å². The van der Waals surface area contributed by atoms with E-state index in [9.17, 15) is 4.79 Å². The first-order valence-corrected chi connectivity index (χ1v) is 9.65. The third-order valence-corrected chi connectivity index (χ3v) is 5.47. The van der Waals surface area contributed by atoms with Crippen molar-refractivity contribution < 1.29 is 4.79 Å². The van der Waals surface area contributed by atoms with Gasteiger partial charge >= 0.3 is 6.03 Å². The van der Waals surface area contributed by atoms with Gasteiger partial charge in [0.25, 0.3) is 0 Å². The maximum absolute atomic E-state index is 12.7. The number of H-pyrrole nitrogens is 1. The number of hydrogen-bond donors (Lipinski definition) is 2. The zero-order chi connectivity index (χ0) is 17.9. The van der Waals surface area contributed by atoms with Crippen molar-refractivity contribution in [2.45, 2.75) is 25.7 Å². The number of aryl methyl sites for hydroxylation is 1. The van der Waals surface area contributed by atoms with E-state index in [1.165, 1.54) is 0 Å². The van der Waals surface area contributed by atoms with Crippen LogP contribution < -0.4 is 5.32 Å². The van der Waals surface area contributed by atoms with Crippen molar-refractivity contribution >= 4 is 23.1 Å². The highest BCUT2D eigenvalue weighted by molar-refractivity contribution is 7.09. The Morgan fingerprint density at radius 2 is 2.31 bits per heavy atom. The standard InChI is InChI=1S/C19H21N5OS/c1-13-21-18(12-26-13)14-4-2-6-16(10-14)22-19(25)24-9-3-5-15(11-24)17-7-8-20-23-17/h2,4,6-8,10,12,15H,3,5,9,11H2,1H3,(H,20,23)(H,22,25). The summed E-state index contributed by atoms with van der Waals surface area (Å²) in [4.78, 5) is 19.1. The molecule has 6 nitrogen and oxygen atoms in total. The Labute approximate surface area is 156 Å². The average Bonchev–Trinajstić information content (AvgIpc) is 3.34. The molecule has 1 aliphatic rings. The summed E-state index contributed by atoms with van der Waals surface area (Å²) < 4.78 is 0. The summed E-state index contributed by atoms with van der Waals surface area (Å²) in [5.74, 6) is 0.321. The monoisotopic (exact) mass is 367 g/mol. The van der Waals surface area contributed by atoms with Crippen LogP contribution >= 0.6 is 11.3 Å². The molecule has 2 amide bonds. The van der Waals surface area contributed by atoms with E-state index in [-0.39, 0.29) is 6.03 Å². The minimum atomic E-state index is -0.0548. The normalized spacial score (nSPS) is 17.3. The fraction of sp³-hybridized carbons (Fsp3) is 0.316. The molecule has 2 aromatic heterocycles. The van der Waals surface area contributed by atoms with Gasteiger partial charge in [0.15, 0.2) is 0 Å². The molecule has 3 heterocycles. The number of anilines is 1. The molecule has 4 rings (SSSR count). The Kier molecular flexibility index (Phi) is 4.71. The summed E-state index contributed by atoms with van der Waals surface area (Å²) in [6, 6.07) is 9.79. The molecule has 1 aromatic carbocycles. The predicted octanol–water partition coefficient (Wildman–Crippen LogP) is 4.25. The van der Waals surface area contributed by atoms with Crippen molar-refractivity contribution in [3.63, 3.8) is 0 Å². The molecule has 26 heavy (non-hydrogen) atoms. The highest BCUT2D eigenvalue weighted by Crippen LogP contribution is 2.27. The van der Waals surface area contributed by atoms with Crippen LogP contribution in [0, 0.1) is 6.92 Å². The Morgan fingerprint density at radius 3 is 3.08 bits per heavy atom. The maximum Gasteiger partial charge on any atom is 0.321 e. The summed E-state index contributed by atoms with van der Waals surface area (Å²) in [6.07, 6.45) is 3.83. The molecule has 0 radical (unpaired) electrons. The van der Waals surface area contributed by atoms with E-state index < -0.39 is 0 Å². The third kappa shape index (κ3) is 3.62. The fourth-order valence-corrected chi connectivity index (χ4v) is 3.99. The van der Waals surface area contributed by atoms with E-state index in [4.69, 9.17) is 0 Å². The smallest absolute Gasteiger partial charge is 0.321 e. The van der Waals surface area contributed by atoms with Gasteiger partial charge in [-0.05, 0) is 38.0 Å². The Morgan fingerprint density at radius 1 is 1.38 bits per heavy atom. The zero-order valence-corrected chi connectivity index (χ0v) is 15.4. The molecule has 2 N–H and O–H groups in total. The molecular weight excluding hydrogens is 346 g/mol. The minimum Gasteiger partial charge on any atom is -0.324 e. The predicted molar refractivity (Wildman–Crippen MR) is 103 cm³/mol. The van der Waals surface area contributed by atoms with E-state index in [0.29, 0.717) is 12.5 Å². The van der Waals surface area contributed by atoms with Crippen molar-refractivity contribution in [2.24, 2.45) is 0 Å². The van der Waals surface area contributed by atoms with Gasteiger partial charge in [0, 0.05) is 47.5 Å². The third-order valence-electron chi connectivity index (χ3n) is 4.70. The molecular formula is C19H21N5OS. The van der Waals surface area contributed by atoms with Crippen LogP contribution in [0.25, 0.3) is 11.3 Å². The lowest BCUT2D eigenvalue weighted by Gasteiger charge is -2.32. The molecule has 0 aliphatic carbocycles.